The fourth-order valence-corrected chi connectivity index (χ4v) is 2.18. The summed E-state index contributed by atoms with van der Waals surface area (Å²) in [5.74, 6) is -0.201. The first-order valence-electron chi connectivity index (χ1n) is 6.42. The van der Waals surface area contributed by atoms with Crippen molar-refractivity contribution in [1.29, 1.82) is 0 Å². The first-order chi connectivity index (χ1) is 9.95. The van der Waals surface area contributed by atoms with Gasteiger partial charge in [0, 0.05) is 13.1 Å². The molecule has 2 rings (SSSR count). The third kappa shape index (κ3) is 2.73. The van der Waals surface area contributed by atoms with Crippen LogP contribution < -0.4 is 21.9 Å². The average Bonchev–Trinajstić information content (AvgIpc) is 2.69. The number of rotatable bonds is 5. The van der Waals surface area contributed by atoms with E-state index in [2.05, 4.69) is 9.98 Å². The second-order valence-corrected chi connectivity index (χ2v) is 4.44. The predicted octanol–water partition coefficient (Wildman–Crippen LogP) is -0.156. The summed E-state index contributed by atoms with van der Waals surface area (Å²) in [6.45, 7) is 2.49. The molecule has 1 amide bonds. The Morgan fingerprint density at radius 3 is 2.67 bits per heavy atom. The lowest BCUT2D eigenvalue weighted by Crippen LogP contribution is -2.23. The molecule has 21 heavy (non-hydrogen) atoms. The van der Waals surface area contributed by atoms with Gasteiger partial charge in [-0.1, -0.05) is 0 Å². The monoisotopic (exact) mass is 290 g/mol. The first kappa shape index (κ1) is 14.6. The van der Waals surface area contributed by atoms with Crippen molar-refractivity contribution < 1.29 is 9.53 Å². The molecule has 0 atom stereocenters. The number of aliphatic imine (C=N–C) groups is 1. The molecule has 2 aromatic heterocycles. The van der Waals surface area contributed by atoms with Crippen LogP contribution in [-0.4, -0.2) is 28.0 Å². The summed E-state index contributed by atoms with van der Waals surface area (Å²) in [4.78, 5) is 20.1. The summed E-state index contributed by atoms with van der Waals surface area (Å²) in [5.41, 5.74) is 18.3. The maximum absolute atomic E-state index is 11.8. The number of aryl methyl sites for hydroxylation is 1. The van der Waals surface area contributed by atoms with Crippen molar-refractivity contribution in [3.05, 3.63) is 23.4 Å². The smallest absolute Gasteiger partial charge is 0.252 e. The van der Waals surface area contributed by atoms with Crippen LogP contribution in [0.4, 0.5) is 0 Å². The van der Waals surface area contributed by atoms with Crippen LogP contribution in [0.2, 0.25) is 0 Å². The molecule has 0 spiro atoms. The van der Waals surface area contributed by atoms with Gasteiger partial charge in [0.1, 0.15) is 5.52 Å². The lowest BCUT2D eigenvalue weighted by atomic mass is 10.2. The van der Waals surface area contributed by atoms with Crippen LogP contribution in [0.3, 0.4) is 0 Å². The zero-order valence-electron chi connectivity index (χ0n) is 12.0. The van der Waals surface area contributed by atoms with E-state index >= 15 is 0 Å². The summed E-state index contributed by atoms with van der Waals surface area (Å²) in [7, 11) is 1.80. The van der Waals surface area contributed by atoms with Crippen molar-refractivity contribution in [2.45, 2.75) is 13.5 Å². The fraction of sp³-hybridized carbons (Fsp3) is 0.308. The van der Waals surface area contributed by atoms with E-state index in [0.29, 0.717) is 29.3 Å². The highest BCUT2D eigenvalue weighted by atomic mass is 16.5. The van der Waals surface area contributed by atoms with Crippen molar-refractivity contribution in [2.75, 3.05) is 6.61 Å². The molecule has 0 fully saturated rings. The van der Waals surface area contributed by atoms with Crippen molar-refractivity contribution >= 4 is 22.9 Å². The van der Waals surface area contributed by atoms with Gasteiger partial charge in [-0.2, -0.15) is 0 Å². The Morgan fingerprint density at radius 1 is 1.38 bits per heavy atom. The third-order valence-electron chi connectivity index (χ3n) is 3.09. The Hall–Kier alpha value is -2.77. The molecule has 0 saturated carbocycles. The van der Waals surface area contributed by atoms with Crippen LogP contribution in [0.1, 0.15) is 23.0 Å². The Bertz CT molecular complexity index is 715. The minimum Gasteiger partial charge on any atom is -0.478 e. The number of hydrogen-bond donors (Lipinski definition) is 3. The minimum atomic E-state index is -0.581. The predicted molar refractivity (Wildman–Crippen MR) is 79.9 cm³/mol. The van der Waals surface area contributed by atoms with E-state index in [-0.39, 0.29) is 12.5 Å². The van der Waals surface area contributed by atoms with Gasteiger partial charge in [-0.25, -0.2) is 9.98 Å². The maximum Gasteiger partial charge on any atom is 0.252 e. The third-order valence-corrected chi connectivity index (χ3v) is 3.09. The summed E-state index contributed by atoms with van der Waals surface area (Å²) in [6, 6.07) is 3.56. The van der Waals surface area contributed by atoms with Gasteiger partial charge in [0.25, 0.3) is 5.91 Å². The van der Waals surface area contributed by atoms with Crippen LogP contribution in [-0.2, 0) is 13.6 Å². The quantitative estimate of drug-likeness (QED) is 0.519. The van der Waals surface area contributed by atoms with Crippen molar-refractivity contribution in [3.63, 3.8) is 0 Å². The van der Waals surface area contributed by atoms with E-state index in [9.17, 15) is 4.79 Å². The van der Waals surface area contributed by atoms with Crippen LogP contribution in [0.25, 0.3) is 11.0 Å². The van der Waals surface area contributed by atoms with Crippen LogP contribution >= 0.6 is 0 Å². The molecule has 112 valence electrons. The van der Waals surface area contributed by atoms with E-state index in [1.54, 1.807) is 17.7 Å². The molecule has 8 nitrogen and oxygen atoms in total. The minimum absolute atomic E-state index is 0.0568. The van der Waals surface area contributed by atoms with Crippen LogP contribution in [0.5, 0.6) is 5.88 Å². The zero-order chi connectivity index (χ0) is 15.6. The number of amides is 1. The largest absolute Gasteiger partial charge is 0.478 e. The first-order valence-corrected chi connectivity index (χ1v) is 6.42. The molecule has 0 aromatic carbocycles. The van der Waals surface area contributed by atoms with Crippen molar-refractivity contribution in [1.82, 2.24) is 9.55 Å². The van der Waals surface area contributed by atoms with Gasteiger partial charge >= 0.3 is 0 Å². The molecule has 0 aliphatic carbocycles. The number of guanidine groups is 1. The number of primary amides is 1. The highest BCUT2D eigenvalue weighted by molar-refractivity contribution is 6.06. The second-order valence-electron chi connectivity index (χ2n) is 4.44. The van der Waals surface area contributed by atoms with E-state index in [4.69, 9.17) is 21.9 Å². The van der Waals surface area contributed by atoms with Gasteiger partial charge in [0.2, 0.25) is 5.88 Å². The second kappa shape index (κ2) is 5.70. The highest BCUT2D eigenvalue weighted by Gasteiger charge is 2.20. The highest BCUT2D eigenvalue weighted by Crippen LogP contribution is 2.26. The topological polar surface area (TPSA) is 135 Å². The number of carbonyl (C=O) groups is 1. The normalized spacial score (nSPS) is 10.6. The summed E-state index contributed by atoms with van der Waals surface area (Å²) in [5, 5.41) is 0. The number of nitrogens with zero attached hydrogens (tertiary/aromatic N) is 3. The Kier molecular flexibility index (Phi) is 3.97. The zero-order valence-corrected chi connectivity index (χ0v) is 12.0. The number of pyridine rings is 1. The molecule has 2 aromatic rings. The van der Waals surface area contributed by atoms with Gasteiger partial charge in [-0.05, 0) is 13.0 Å². The molecular weight excluding hydrogens is 272 g/mol. The van der Waals surface area contributed by atoms with E-state index in [1.807, 2.05) is 13.0 Å². The standard InChI is InChI=1S/C13H18N6O2/c1-3-21-9-5-4-7-11(18-9)10(12(14)20)8(19(7)2)6-17-13(15)16/h4-5H,3,6H2,1-2H3,(H2,14,20)(H4,15,16,17). The van der Waals surface area contributed by atoms with Gasteiger partial charge in [0.05, 0.1) is 29.9 Å². The Morgan fingerprint density at radius 2 is 2.10 bits per heavy atom. The molecule has 0 aliphatic rings. The number of carbonyl (C=O) groups excluding carboxylic acids is 1. The molecule has 8 heteroatoms. The lowest BCUT2D eigenvalue weighted by Gasteiger charge is -2.03. The number of nitrogens with two attached hydrogens (primary N) is 3. The molecule has 0 bridgehead atoms. The summed E-state index contributed by atoms with van der Waals surface area (Å²) < 4.78 is 7.15. The van der Waals surface area contributed by atoms with E-state index in [1.165, 1.54) is 0 Å². The van der Waals surface area contributed by atoms with E-state index in [0.717, 1.165) is 5.52 Å². The summed E-state index contributed by atoms with van der Waals surface area (Å²) >= 11 is 0. The SMILES string of the molecule is CCOc1ccc2c(n1)c(C(N)=O)c(CN=C(N)N)n2C. The lowest BCUT2D eigenvalue weighted by molar-refractivity contribution is 0.100. The Balaban J connectivity index is 2.67. The maximum atomic E-state index is 11.8. The number of fused-ring (bicyclic) bond motifs is 1. The van der Waals surface area contributed by atoms with Gasteiger partial charge < -0.3 is 26.5 Å². The Labute approximate surface area is 121 Å². The van der Waals surface area contributed by atoms with Crippen molar-refractivity contribution in [2.24, 2.45) is 29.2 Å². The van der Waals surface area contributed by atoms with Gasteiger partial charge in [-0.3, -0.25) is 4.79 Å². The van der Waals surface area contributed by atoms with E-state index < -0.39 is 5.91 Å². The average molecular weight is 290 g/mol. The summed E-state index contributed by atoms with van der Waals surface area (Å²) in [6.07, 6.45) is 0. The molecule has 0 saturated heterocycles. The molecular formula is C13H18N6O2. The van der Waals surface area contributed by atoms with Gasteiger partial charge in [0.15, 0.2) is 5.96 Å². The number of hydrogen-bond acceptors (Lipinski definition) is 4. The molecule has 6 N–H and O–H groups in total. The van der Waals surface area contributed by atoms with Crippen LogP contribution in [0.15, 0.2) is 17.1 Å². The molecule has 2 heterocycles. The van der Waals surface area contributed by atoms with Gasteiger partial charge in [-0.15, -0.1) is 0 Å². The fourth-order valence-electron chi connectivity index (χ4n) is 2.18. The number of ether oxygens (including phenoxy) is 1. The molecule has 0 unspecified atom stereocenters. The molecule has 0 radical (unpaired) electrons. The molecule has 0 aliphatic heterocycles. The van der Waals surface area contributed by atoms with Crippen molar-refractivity contribution in [3.8, 4) is 5.88 Å². The van der Waals surface area contributed by atoms with Crippen LogP contribution in [0, 0.1) is 0 Å². The number of aromatic nitrogens is 2.